The van der Waals surface area contributed by atoms with Gasteiger partial charge >= 0.3 is 6.09 Å². The molecule has 1 heterocycles. The molecule has 0 bridgehead atoms. The number of ether oxygens (including phenoxy) is 1. The molecule has 1 amide bonds. The number of aromatic nitrogens is 1. The first-order valence-electron chi connectivity index (χ1n) is 6.26. The van der Waals surface area contributed by atoms with Gasteiger partial charge in [0.2, 0.25) is 0 Å². The van der Waals surface area contributed by atoms with Gasteiger partial charge in [0.25, 0.3) is 10.1 Å². The Labute approximate surface area is 124 Å². The molecule has 1 rings (SSSR count). The summed E-state index contributed by atoms with van der Waals surface area (Å²) in [5, 5.41) is 2.55. The van der Waals surface area contributed by atoms with Gasteiger partial charge in [-0.3, -0.25) is 4.18 Å². The van der Waals surface area contributed by atoms with Gasteiger partial charge in [-0.05, 0) is 20.8 Å². The van der Waals surface area contributed by atoms with Gasteiger partial charge in [0, 0.05) is 6.42 Å². The third kappa shape index (κ3) is 8.30. The topological polar surface area (TPSA) is 108 Å². The lowest BCUT2D eigenvalue weighted by Gasteiger charge is -2.23. The lowest BCUT2D eigenvalue weighted by molar-refractivity contribution is 0.0488. The standard InChI is InChI=1S/C12H20N2O6S/c1-12(2,3)20-11(15)14-10(7-19-21(4,16)17)5-9-6-18-8-13-9/h6,8,10H,5,7H2,1-4H3,(H,14,15). The zero-order chi connectivity index (χ0) is 16.1. The number of hydrogen-bond acceptors (Lipinski definition) is 7. The Balaban J connectivity index is 2.65. The first kappa shape index (κ1) is 17.4. The number of carbonyl (C=O) groups excluding carboxylic acids is 1. The first-order chi connectivity index (χ1) is 9.55. The summed E-state index contributed by atoms with van der Waals surface area (Å²) in [4.78, 5) is 15.7. The number of hydrogen-bond donors (Lipinski definition) is 1. The zero-order valence-electron chi connectivity index (χ0n) is 12.5. The molecule has 120 valence electrons. The van der Waals surface area contributed by atoms with Crippen LogP contribution in [0.25, 0.3) is 0 Å². The van der Waals surface area contributed by atoms with E-state index in [-0.39, 0.29) is 13.0 Å². The minimum absolute atomic E-state index is 0.217. The highest BCUT2D eigenvalue weighted by atomic mass is 32.2. The summed E-state index contributed by atoms with van der Waals surface area (Å²) in [6.07, 6.45) is 3.19. The number of rotatable bonds is 6. The molecule has 1 N–H and O–H groups in total. The van der Waals surface area contributed by atoms with Gasteiger partial charge in [-0.15, -0.1) is 0 Å². The van der Waals surface area contributed by atoms with Crippen LogP contribution in [0.5, 0.6) is 0 Å². The summed E-state index contributed by atoms with van der Waals surface area (Å²) in [5.41, 5.74) is -0.0895. The fraction of sp³-hybridized carbons (Fsp3) is 0.667. The van der Waals surface area contributed by atoms with Crippen molar-refractivity contribution in [1.29, 1.82) is 0 Å². The molecule has 1 aromatic heterocycles. The van der Waals surface area contributed by atoms with Crippen molar-refractivity contribution < 1.29 is 26.5 Å². The van der Waals surface area contributed by atoms with Crippen LogP contribution in [0.2, 0.25) is 0 Å². The van der Waals surface area contributed by atoms with Crippen molar-refractivity contribution >= 4 is 16.2 Å². The van der Waals surface area contributed by atoms with E-state index >= 15 is 0 Å². The molecular weight excluding hydrogens is 300 g/mol. The van der Waals surface area contributed by atoms with Crippen LogP contribution in [-0.2, 0) is 25.5 Å². The average Bonchev–Trinajstić information content (AvgIpc) is 2.74. The predicted octanol–water partition coefficient (Wildman–Crippen LogP) is 1.09. The summed E-state index contributed by atoms with van der Waals surface area (Å²) in [5.74, 6) is 0. The summed E-state index contributed by atoms with van der Waals surface area (Å²) in [6, 6.07) is -0.611. The molecule has 0 saturated carbocycles. The highest BCUT2D eigenvalue weighted by Crippen LogP contribution is 2.08. The van der Waals surface area contributed by atoms with Crippen LogP contribution in [0.3, 0.4) is 0 Å². The molecule has 0 aliphatic heterocycles. The van der Waals surface area contributed by atoms with Gasteiger partial charge in [0.15, 0.2) is 6.39 Å². The molecule has 0 saturated heterocycles. The maximum absolute atomic E-state index is 11.7. The Morgan fingerprint density at radius 1 is 1.48 bits per heavy atom. The van der Waals surface area contributed by atoms with Crippen molar-refractivity contribution in [2.75, 3.05) is 12.9 Å². The molecule has 0 aromatic carbocycles. The van der Waals surface area contributed by atoms with Crippen LogP contribution in [-0.4, -0.2) is 44.0 Å². The van der Waals surface area contributed by atoms with Gasteiger partial charge in [-0.2, -0.15) is 8.42 Å². The maximum Gasteiger partial charge on any atom is 0.407 e. The van der Waals surface area contributed by atoms with Gasteiger partial charge < -0.3 is 14.5 Å². The number of amides is 1. The second kappa shape index (κ2) is 6.90. The van der Waals surface area contributed by atoms with Gasteiger partial charge in [-0.1, -0.05) is 0 Å². The summed E-state index contributed by atoms with van der Waals surface area (Å²) >= 11 is 0. The Hall–Kier alpha value is -1.61. The smallest absolute Gasteiger partial charge is 0.407 e. The lowest BCUT2D eigenvalue weighted by atomic mass is 10.2. The molecular formula is C12H20N2O6S. The fourth-order valence-electron chi connectivity index (χ4n) is 1.42. The van der Waals surface area contributed by atoms with E-state index in [1.807, 2.05) is 0 Å². The minimum Gasteiger partial charge on any atom is -0.451 e. The molecule has 8 nitrogen and oxygen atoms in total. The van der Waals surface area contributed by atoms with E-state index in [1.54, 1.807) is 20.8 Å². The van der Waals surface area contributed by atoms with Crippen LogP contribution in [0.1, 0.15) is 26.5 Å². The van der Waals surface area contributed by atoms with Gasteiger partial charge in [0.05, 0.1) is 24.6 Å². The molecule has 0 aliphatic carbocycles. The second-order valence-electron chi connectivity index (χ2n) is 5.52. The van der Waals surface area contributed by atoms with Crippen molar-refractivity contribution in [3.8, 4) is 0 Å². The Kier molecular flexibility index (Phi) is 5.73. The van der Waals surface area contributed by atoms with Crippen LogP contribution < -0.4 is 5.32 Å². The lowest BCUT2D eigenvalue weighted by Crippen LogP contribution is -2.43. The molecule has 21 heavy (non-hydrogen) atoms. The van der Waals surface area contributed by atoms with Crippen LogP contribution in [0.15, 0.2) is 17.1 Å². The Morgan fingerprint density at radius 2 is 2.14 bits per heavy atom. The normalized spacial score (nSPS) is 13.7. The van der Waals surface area contributed by atoms with Crippen LogP contribution in [0.4, 0.5) is 4.79 Å². The monoisotopic (exact) mass is 320 g/mol. The fourth-order valence-corrected chi connectivity index (χ4v) is 1.83. The third-order valence-electron chi connectivity index (χ3n) is 2.14. The molecule has 9 heteroatoms. The molecule has 1 atom stereocenters. The SMILES string of the molecule is CC(C)(C)OC(=O)NC(COS(C)(=O)=O)Cc1cocn1. The van der Waals surface area contributed by atoms with Gasteiger partial charge in [0.1, 0.15) is 11.9 Å². The largest absolute Gasteiger partial charge is 0.451 e. The quantitative estimate of drug-likeness (QED) is 0.781. The van der Waals surface area contributed by atoms with Crippen molar-refractivity contribution in [2.24, 2.45) is 0 Å². The van der Waals surface area contributed by atoms with Gasteiger partial charge in [-0.25, -0.2) is 9.78 Å². The Bertz CT molecular complexity index is 547. The number of nitrogens with one attached hydrogen (secondary N) is 1. The van der Waals surface area contributed by atoms with Crippen molar-refractivity contribution in [3.63, 3.8) is 0 Å². The maximum atomic E-state index is 11.7. The van der Waals surface area contributed by atoms with E-state index in [1.165, 1.54) is 12.7 Å². The molecule has 0 radical (unpaired) electrons. The van der Waals surface area contributed by atoms with E-state index < -0.39 is 27.9 Å². The first-order valence-corrected chi connectivity index (χ1v) is 8.08. The van der Waals surface area contributed by atoms with Crippen LogP contribution >= 0.6 is 0 Å². The van der Waals surface area contributed by atoms with Crippen LogP contribution in [0, 0.1) is 0 Å². The summed E-state index contributed by atoms with van der Waals surface area (Å²) in [6.45, 7) is 4.97. The third-order valence-corrected chi connectivity index (χ3v) is 2.71. The van der Waals surface area contributed by atoms with E-state index in [0.29, 0.717) is 5.69 Å². The highest BCUT2D eigenvalue weighted by molar-refractivity contribution is 7.85. The second-order valence-corrected chi connectivity index (χ2v) is 7.16. The van der Waals surface area contributed by atoms with E-state index in [9.17, 15) is 13.2 Å². The average molecular weight is 320 g/mol. The zero-order valence-corrected chi connectivity index (χ0v) is 13.3. The summed E-state index contributed by atoms with van der Waals surface area (Å²) < 4.78 is 36.8. The summed E-state index contributed by atoms with van der Waals surface area (Å²) in [7, 11) is -3.60. The van der Waals surface area contributed by atoms with Crippen molar-refractivity contribution in [1.82, 2.24) is 10.3 Å². The predicted molar refractivity (Wildman–Crippen MR) is 74.2 cm³/mol. The van der Waals surface area contributed by atoms with E-state index in [4.69, 9.17) is 13.3 Å². The number of nitrogens with zero attached hydrogens (tertiary/aromatic N) is 1. The number of carbonyl (C=O) groups is 1. The Morgan fingerprint density at radius 3 is 2.62 bits per heavy atom. The molecule has 0 spiro atoms. The minimum atomic E-state index is -3.60. The molecule has 0 fully saturated rings. The number of alkyl carbamates (subject to hydrolysis) is 1. The van der Waals surface area contributed by atoms with E-state index in [0.717, 1.165) is 6.26 Å². The highest BCUT2D eigenvalue weighted by Gasteiger charge is 2.21. The molecule has 0 aliphatic rings. The molecule has 1 aromatic rings. The van der Waals surface area contributed by atoms with E-state index in [2.05, 4.69) is 10.3 Å². The van der Waals surface area contributed by atoms with Crippen molar-refractivity contribution in [3.05, 3.63) is 18.4 Å². The van der Waals surface area contributed by atoms with Crippen molar-refractivity contribution in [2.45, 2.75) is 38.8 Å². The molecule has 1 unspecified atom stereocenters. The number of oxazole rings is 1.